The van der Waals surface area contributed by atoms with E-state index in [0.717, 1.165) is 11.3 Å². The lowest BCUT2D eigenvalue weighted by Crippen LogP contribution is -1.93. The molecule has 3 heteroatoms. The lowest BCUT2D eigenvalue weighted by molar-refractivity contribution is 1.35. The number of hydrogen-bond donors (Lipinski definition) is 1. The number of rotatable bonds is 3. The summed E-state index contributed by atoms with van der Waals surface area (Å²) >= 11 is 6.16. The number of anilines is 1. The second-order valence-corrected chi connectivity index (χ2v) is 5.99. The maximum Gasteiger partial charge on any atom is 0.0748 e. The van der Waals surface area contributed by atoms with E-state index in [1.54, 1.807) is 0 Å². The third-order valence-electron chi connectivity index (χ3n) is 4.07. The summed E-state index contributed by atoms with van der Waals surface area (Å²) in [6.07, 6.45) is 1.87. The van der Waals surface area contributed by atoms with Crippen molar-refractivity contribution < 1.29 is 0 Å². The summed E-state index contributed by atoms with van der Waals surface area (Å²) in [5.41, 5.74) is 4.92. The maximum absolute atomic E-state index is 6.16. The van der Waals surface area contributed by atoms with Crippen LogP contribution in [0.1, 0.15) is 5.56 Å². The normalized spacial score (nSPS) is 11.4. The van der Waals surface area contributed by atoms with Crippen molar-refractivity contribution in [2.24, 2.45) is 5.10 Å². The van der Waals surface area contributed by atoms with Crippen molar-refractivity contribution in [1.29, 1.82) is 0 Å². The maximum atomic E-state index is 6.16. The van der Waals surface area contributed by atoms with Gasteiger partial charge < -0.3 is 0 Å². The lowest BCUT2D eigenvalue weighted by Gasteiger charge is -2.08. The largest absolute Gasteiger partial charge is 0.277 e. The number of halogens is 1. The van der Waals surface area contributed by atoms with Crippen LogP contribution in [0.15, 0.2) is 84.0 Å². The molecule has 1 N–H and O–H groups in total. The topological polar surface area (TPSA) is 24.4 Å². The number of hydrogen-bond acceptors (Lipinski definition) is 2. The van der Waals surface area contributed by atoms with Crippen molar-refractivity contribution in [3.8, 4) is 0 Å². The molecule has 0 aliphatic carbocycles. The molecule has 116 valence electrons. The number of hydrazone groups is 1. The van der Waals surface area contributed by atoms with Gasteiger partial charge in [0.15, 0.2) is 0 Å². The highest BCUT2D eigenvalue weighted by atomic mass is 35.5. The van der Waals surface area contributed by atoms with E-state index in [4.69, 9.17) is 11.6 Å². The second-order valence-electron chi connectivity index (χ2n) is 5.58. The van der Waals surface area contributed by atoms with Crippen LogP contribution in [0, 0.1) is 0 Å². The van der Waals surface area contributed by atoms with Gasteiger partial charge >= 0.3 is 0 Å². The van der Waals surface area contributed by atoms with Crippen LogP contribution >= 0.6 is 11.6 Å². The molecule has 0 saturated heterocycles. The average molecular weight is 331 g/mol. The molecule has 0 aliphatic rings. The Bertz CT molecular complexity index is 1000. The van der Waals surface area contributed by atoms with E-state index < -0.39 is 0 Å². The van der Waals surface area contributed by atoms with E-state index in [1.165, 1.54) is 21.5 Å². The molecule has 0 atom stereocenters. The molecule has 0 bridgehead atoms. The Labute approximate surface area is 145 Å². The molecule has 4 aromatic carbocycles. The highest BCUT2D eigenvalue weighted by Crippen LogP contribution is 2.27. The molecule has 0 heterocycles. The molecule has 24 heavy (non-hydrogen) atoms. The summed E-state index contributed by atoms with van der Waals surface area (Å²) in [5.74, 6) is 0. The average Bonchev–Trinajstić information content (AvgIpc) is 2.62. The zero-order valence-electron chi connectivity index (χ0n) is 12.9. The molecule has 0 fully saturated rings. The Morgan fingerprint density at radius 3 is 2.00 bits per heavy atom. The fourth-order valence-corrected chi connectivity index (χ4v) is 3.08. The molecule has 0 unspecified atom stereocenters. The van der Waals surface area contributed by atoms with Gasteiger partial charge in [-0.2, -0.15) is 5.10 Å². The smallest absolute Gasteiger partial charge is 0.0748 e. The first-order valence-corrected chi connectivity index (χ1v) is 8.15. The Morgan fingerprint density at radius 2 is 1.33 bits per heavy atom. The van der Waals surface area contributed by atoms with E-state index in [0.29, 0.717) is 5.02 Å². The minimum atomic E-state index is 0.650. The lowest BCUT2D eigenvalue weighted by atomic mass is 9.97. The van der Waals surface area contributed by atoms with Crippen molar-refractivity contribution in [2.75, 3.05) is 5.43 Å². The van der Waals surface area contributed by atoms with Crippen LogP contribution in [0.5, 0.6) is 0 Å². The van der Waals surface area contributed by atoms with Crippen LogP contribution in [0.2, 0.25) is 5.02 Å². The third-order valence-corrected chi connectivity index (χ3v) is 4.40. The first kappa shape index (κ1) is 14.7. The third kappa shape index (κ3) is 2.72. The summed E-state index contributed by atoms with van der Waals surface area (Å²) < 4.78 is 0. The highest BCUT2D eigenvalue weighted by Gasteiger charge is 2.05. The number of nitrogens with one attached hydrogen (secondary N) is 1. The van der Waals surface area contributed by atoms with Gasteiger partial charge in [-0.1, -0.05) is 72.3 Å². The first-order chi connectivity index (χ1) is 11.8. The predicted octanol–water partition coefficient (Wildman–Crippen LogP) is 6.09. The van der Waals surface area contributed by atoms with E-state index in [9.17, 15) is 0 Å². The van der Waals surface area contributed by atoms with Crippen molar-refractivity contribution in [2.45, 2.75) is 0 Å². The monoisotopic (exact) mass is 330 g/mol. The van der Waals surface area contributed by atoms with Crippen molar-refractivity contribution in [3.63, 3.8) is 0 Å². The molecule has 2 nitrogen and oxygen atoms in total. The molecule has 0 aromatic heterocycles. The van der Waals surface area contributed by atoms with E-state index in [2.05, 4.69) is 65.1 Å². The molecule has 0 spiro atoms. The number of para-hydroxylation sites is 1. The highest BCUT2D eigenvalue weighted by molar-refractivity contribution is 6.33. The van der Waals surface area contributed by atoms with Crippen LogP contribution in [-0.4, -0.2) is 6.21 Å². The minimum Gasteiger partial charge on any atom is -0.277 e. The summed E-state index contributed by atoms with van der Waals surface area (Å²) in [6, 6.07) is 26.5. The minimum absolute atomic E-state index is 0.650. The number of fused-ring (bicyclic) bond motifs is 2. The fraction of sp³-hybridized carbons (Fsp3) is 0. The molecule has 0 radical (unpaired) electrons. The van der Waals surface area contributed by atoms with Gasteiger partial charge in [0, 0.05) is 5.56 Å². The quantitative estimate of drug-likeness (QED) is 0.274. The van der Waals surface area contributed by atoms with Crippen LogP contribution in [-0.2, 0) is 0 Å². The predicted molar refractivity (Wildman–Crippen MR) is 104 cm³/mol. The molecule has 0 saturated carbocycles. The Balaban J connectivity index is 1.82. The standard InChI is InChI=1S/C21H15ClN2/c22-20-11-5-6-12-21(20)24-23-14-19-17-9-3-1-7-15(17)13-16-8-2-4-10-18(16)19/h1-14,24H/b23-14-. The van der Waals surface area contributed by atoms with Gasteiger partial charge in [0.25, 0.3) is 0 Å². The fourth-order valence-electron chi connectivity index (χ4n) is 2.91. The number of nitrogens with zero attached hydrogens (tertiary/aromatic N) is 1. The zero-order valence-corrected chi connectivity index (χ0v) is 13.7. The van der Waals surface area contributed by atoms with Crippen molar-refractivity contribution in [1.82, 2.24) is 0 Å². The number of benzene rings is 4. The van der Waals surface area contributed by atoms with E-state index in [1.807, 2.05) is 30.5 Å². The summed E-state index contributed by atoms with van der Waals surface area (Å²) in [5, 5.41) is 9.83. The molecular weight excluding hydrogens is 316 g/mol. The molecular formula is C21H15ClN2. The van der Waals surface area contributed by atoms with Crippen LogP contribution < -0.4 is 5.43 Å². The summed E-state index contributed by atoms with van der Waals surface area (Å²) in [4.78, 5) is 0. The zero-order chi connectivity index (χ0) is 16.4. The van der Waals surface area contributed by atoms with Crippen LogP contribution in [0.3, 0.4) is 0 Å². The van der Waals surface area contributed by atoms with Crippen LogP contribution in [0.25, 0.3) is 21.5 Å². The Morgan fingerprint density at radius 1 is 0.750 bits per heavy atom. The molecule has 0 amide bonds. The summed E-state index contributed by atoms with van der Waals surface area (Å²) in [7, 11) is 0. The van der Waals surface area contributed by atoms with Gasteiger partial charge in [0.2, 0.25) is 0 Å². The van der Waals surface area contributed by atoms with Gasteiger partial charge in [-0.05, 0) is 39.7 Å². The molecule has 4 rings (SSSR count). The second kappa shape index (κ2) is 6.34. The SMILES string of the molecule is Clc1ccccc1N/N=C\c1c2ccccc2cc2ccccc12. The van der Waals surface area contributed by atoms with E-state index >= 15 is 0 Å². The van der Waals surface area contributed by atoms with Gasteiger partial charge in [0.05, 0.1) is 16.9 Å². The van der Waals surface area contributed by atoms with Gasteiger partial charge in [-0.25, -0.2) is 0 Å². The molecule has 0 aliphatic heterocycles. The van der Waals surface area contributed by atoms with Crippen molar-refractivity contribution in [3.05, 3.63) is 89.4 Å². The van der Waals surface area contributed by atoms with Gasteiger partial charge in [-0.15, -0.1) is 0 Å². The Kier molecular flexibility index (Phi) is 3.89. The van der Waals surface area contributed by atoms with E-state index in [-0.39, 0.29) is 0 Å². The summed E-state index contributed by atoms with van der Waals surface area (Å²) in [6.45, 7) is 0. The Hall–Kier alpha value is -2.84. The van der Waals surface area contributed by atoms with Crippen LogP contribution in [0.4, 0.5) is 5.69 Å². The van der Waals surface area contributed by atoms with Crippen molar-refractivity contribution >= 4 is 45.0 Å². The first-order valence-electron chi connectivity index (χ1n) is 7.77. The van der Waals surface area contributed by atoms with Gasteiger partial charge in [0.1, 0.15) is 0 Å². The van der Waals surface area contributed by atoms with Gasteiger partial charge in [-0.3, -0.25) is 5.43 Å². The molecule has 4 aromatic rings.